The van der Waals surface area contributed by atoms with E-state index in [9.17, 15) is 4.91 Å². The van der Waals surface area contributed by atoms with Crippen molar-refractivity contribution in [1.29, 1.82) is 0 Å². The van der Waals surface area contributed by atoms with Crippen LogP contribution in [0.3, 0.4) is 0 Å². The summed E-state index contributed by atoms with van der Waals surface area (Å²) in [6, 6.07) is -0.0291. The number of hydrogen-bond acceptors (Lipinski definition) is 2. The summed E-state index contributed by atoms with van der Waals surface area (Å²) in [6.45, 7) is 0. The van der Waals surface area contributed by atoms with E-state index in [0.29, 0.717) is 0 Å². The Bertz CT molecular complexity index is 466. The molecule has 0 saturated heterocycles. The first kappa shape index (κ1) is 15.2. The minimum absolute atomic E-state index is 0.0291. The third-order valence-electron chi connectivity index (χ3n) is 4.96. The van der Waals surface area contributed by atoms with Crippen molar-refractivity contribution in [2.45, 2.75) is 75.9 Å². The van der Waals surface area contributed by atoms with Gasteiger partial charge in [0.05, 0.1) is 0 Å². The predicted molar refractivity (Wildman–Crippen MR) is 91.8 cm³/mol. The van der Waals surface area contributed by atoms with E-state index in [1.807, 2.05) is 0 Å². The number of rotatable bonds is 4. The van der Waals surface area contributed by atoms with Crippen LogP contribution in [-0.4, -0.2) is 11.7 Å². The van der Waals surface area contributed by atoms with Gasteiger partial charge in [0.25, 0.3) is 0 Å². The molecular formula is C18H26NOP. The molecule has 0 bridgehead atoms. The molecular weight excluding hydrogens is 277 g/mol. The van der Waals surface area contributed by atoms with E-state index < -0.39 is 0 Å². The van der Waals surface area contributed by atoms with Gasteiger partial charge < -0.3 is 0 Å². The molecule has 3 heteroatoms. The van der Waals surface area contributed by atoms with Crippen LogP contribution in [0.5, 0.6) is 0 Å². The maximum atomic E-state index is 11.3. The van der Waals surface area contributed by atoms with Crippen LogP contribution < -0.4 is 0 Å². The molecule has 3 aliphatic carbocycles. The smallest absolute Gasteiger partial charge is 0.117 e. The van der Waals surface area contributed by atoms with Crippen LogP contribution >= 0.6 is 7.92 Å². The molecule has 0 aromatic rings. The number of nitrogens with zero attached hydrogens (tertiary/aromatic N) is 1. The Kier molecular flexibility index (Phi) is 5.41. The van der Waals surface area contributed by atoms with Gasteiger partial charge in [-0.2, -0.15) is 4.91 Å². The van der Waals surface area contributed by atoms with Gasteiger partial charge in [0.1, 0.15) is 6.04 Å². The minimum Gasteiger partial charge on any atom is -0.150 e. The van der Waals surface area contributed by atoms with Gasteiger partial charge in [-0.05, 0) is 88.4 Å². The second-order valence-corrected chi connectivity index (χ2v) is 8.99. The van der Waals surface area contributed by atoms with E-state index >= 15 is 0 Å². The average molecular weight is 303 g/mol. The molecule has 0 amide bonds. The van der Waals surface area contributed by atoms with E-state index in [1.54, 1.807) is 5.31 Å². The maximum Gasteiger partial charge on any atom is 0.117 e. The van der Waals surface area contributed by atoms with Crippen LogP contribution in [0.25, 0.3) is 0 Å². The van der Waals surface area contributed by atoms with Crippen molar-refractivity contribution in [3.05, 3.63) is 39.8 Å². The predicted octanol–water partition coefficient (Wildman–Crippen LogP) is 6.24. The molecule has 0 aliphatic heterocycles. The normalized spacial score (nSPS) is 31.2. The Hall–Kier alpha value is -0.750. The lowest BCUT2D eigenvalue weighted by molar-refractivity contribution is 0.630. The van der Waals surface area contributed by atoms with Gasteiger partial charge in [0, 0.05) is 0 Å². The molecule has 0 saturated carbocycles. The highest BCUT2D eigenvalue weighted by Gasteiger charge is 2.33. The van der Waals surface area contributed by atoms with Crippen LogP contribution in [0.2, 0.25) is 0 Å². The van der Waals surface area contributed by atoms with Crippen molar-refractivity contribution >= 4 is 7.92 Å². The first-order valence-electron chi connectivity index (χ1n) is 8.56. The van der Waals surface area contributed by atoms with Crippen molar-refractivity contribution < 1.29 is 0 Å². The molecule has 0 radical (unpaired) electrons. The SMILES string of the molecule is O=NC1CCCC=C1P(C1=CCCCC1)C1CC=CCC1. The number of allylic oxidation sites excluding steroid dienone is 5. The molecule has 0 fully saturated rings. The third-order valence-corrected chi connectivity index (χ3v) is 8.23. The number of nitroso groups, excluding NO2 is 1. The summed E-state index contributed by atoms with van der Waals surface area (Å²) in [7, 11) is -0.283. The molecule has 3 atom stereocenters. The highest BCUT2D eigenvalue weighted by molar-refractivity contribution is 7.67. The first-order chi connectivity index (χ1) is 10.4. The Morgan fingerprint density at radius 1 is 1.00 bits per heavy atom. The van der Waals surface area contributed by atoms with Crippen molar-refractivity contribution in [3.63, 3.8) is 0 Å². The fourth-order valence-corrected chi connectivity index (χ4v) is 7.38. The van der Waals surface area contributed by atoms with Crippen LogP contribution in [-0.2, 0) is 0 Å². The Labute approximate surface area is 129 Å². The van der Waals surface area contributed by atoms with Gasteiger partial charge in [-0.15, -0.1) is 0 Å². The number of hydrogen-bond donors (Lipinski definition) is 0. The molecule has 2 nitrogen and oxygen atoms in total. The van der Waals surface area contributed by atoms with E-state index in [4.69, 9.17) is 0 Å². The fraction of sp³-hybridized carbons (Fsp3) is 0.667. The Morgan fingerprint density at radius 2 is 1.90 bits per heavy atom. The summed E-state index contributed by atoms with van der Waals surface area (Å²) in [5.41, 5.74) is 0.753. The zero-order valence-electron chi connectivity index (χ0n) is 12.8. The van der Waals surface area contributed by atoms with Crippen molar-refractivity contribution in [2.24, 2.45) is 5.18 Å². The minimum atomic E-state index is -0.283. The molecule has 0 N–H and O–H groups in total. The van der Waals surface area contributed by atoms with Gasteiger partial charge in [-0.1, -0.05) is 29.5 Å². The van der Waals surface area contributed by atoms with E-state index in [1.165, 1.54) is 50.3 Å². The lowest BCUT2D eigenvalue weighted by atomic mass is 10.0. The first-order valence-corrected chi connectivity index (χ1v) is 9.97. The summed E-state index contributed by atoms with van der Waals surface area (Å²) < 4.78 is 0. The monoisotopic (exact) mass is 303 g/mol. The summed E-state index contributed by atoms with van der Waals surface area (Å²) in [6.07, 6.45) is 21.7. The maximum absolute atomic E-state index is 11.3. The molecule has 0 aromatic heterocycles. The standard InChI is InChI=1S/C18H26NOP/c20-19-17-13-7-8-14-18(17)21(15-9-3-1-4-10-15)16-11-5-2-6-12-16/h1,3,11,14-15,17H,2,4-10,12-13H2. The van der Waals surface area contributed by atoms with E-state index in [-0.39, 0.29) is 14.0 Å². The van der Waals surface area contributed by atoms with Gasteiger partial charge in [-0.25, -0.2) is 0 Å². The van der Waals surface area contributed by atoms with E-state index in [2.05, 4.69) is 29.5 Å². The second kappa shape index (κ2) is 7.49. The van der Waals surface area contributed by atoms with Crippen molar-refractivity contribution in [3.8, 4) is 0 Å². The highest BCUT2D eigenvalue weighted by Crippen LogP contribution is 2.63. The second-order valence-electron chi connectivity index (χ2n) is 6.43. The molecule has 3 unspecified atom stereocenters. The molecule has 21 heavy (non-hydrogen) atoms. The molecule has 3 rings (SSSR count). The van der Waals surface area contributed by atoms with Gasteiger partial charge in [0.2, 0.25) is 0 Å². The highest BCUT2D eigenvalue weighted by atomic mass is 31.1. The lowest BCUT2D eigenvalue weighted by Crippen LogP contribution is -2.18. The summed E-state index contributed by atoms with van der Waals surface area (Å²) in [4.78, 5) is 11.3. The Morgan fingerprint density at radius 3 is 2.62 bits per heavy atom. The van der Waals surface area contributed by atoms with Gasteiger partial charge in [-0.3, -0.25) is 0 Å². The largest absolute Gasteiger partial charge is 0.150 e. The summed E-state index contributed by atoms with van der Waals surface area (Å²) in [5.74, 6) is 0. The topological polar surface area (TPSA) is 29.4 Å². The van der Waals surface area contributed by atoms with Gasteiger partial charge in [0.15, 0.2) is 0 Å². The molecule has 0 aromatic carbocycles. The summed E-state index contributed by atoms with van der Waals surface area (Å²) >= 11 is 0. The van der Waals surface area contributed by atoms with Crippen LogP contribution in [0.15, 0.2) is 40.1 Å². The quantitative estimate of drug-likeness (QED) is 0.343. The van der Waals surface area contributed by atoms with Crippen LogP contribution in [0.4, 0.5) is 0 Å². The van der Waals surface area contributed by atoms with Crippen LogP contribution in [0.1, 0.15) is 64.2 Å². The summed E-state index contributed by atoms with van der Waals surface area (Å²) in [5, 5.41) is 6.60. The average Bonchev–Trinajstić information content (AvgIpc) is 2.58. The molecule has 114 valence electrons. The fourth-order valence-electron chi connectivity index (χ4n) is 3.87. The van der Waals surface area contributed by atoms with Crippen molar-refractivity contribution in [2.75, 3.05) is 0 Å². The van der Waals surface area contributed by atoms with E-state index in [0.717, 1.165) is 24.9 Å². The zero-order chi connectivity index (χ0) is 14.5. The van der Waals surface area contributed by atoms with Crippen LogP contribution in [0, 0.1) is 4.91 Å². The van der Waals surface area contributed by atoms with Crippen molar-refractivity contribution in [1.82, 2.24) is 0 Å². The zero-order valence-corrected chi connectivity index (χ0v) is 13.7. The molecule has 0 spiro atoms. The molecule has 3 aliphatic rings. The molecule has 0 heterocycles. The van der Waals surface area contributed by atoms with Gasteiger partial charge >= 0.3 is 0 Å². The Balaban J connectivity index is 1.90. The lowest BCUT2D eigenvalue weighted by Gasteiger charge is -2.36. The third kappa shape index (κ3) is 3.54.